The lowest BCUT2D eigenvalue weighted by atomic mass is 9.65. The Bertz CT molecular complexity index is 1190. The largest absolute Gasteiger partial charge is 0.381 e. The zero-order chi connectivity index (χ0) is 23.9. The van der Waals surface area contributed by atoms with Crippen molar-refractivity contribution < 1.29 is 19.8 Å². The van der Waals surface area contributed by atoms with Crippen molar-refractivity contribution in [2.75, 3.05) is 0 Å². The van der Waals surface area contributed by atoms with E-state index in [4.69, 9.17) is 0 Å². The van der Waals surface area contributed by atoms with Crippen LogP contribution in [0.5, 0.6) is 0 Å². The molecule has 0 heterocycles. The monoisotopic (exact) mass is 444 g/mol. The fraction of sp³-hybridized carbons (Fsp3) is 0.517. The number of carbonyl (C=O) groups excluding carboxylic acids is 2. The molecular formula is C29H32O4. The third-order valence-corrected chi connectivity index (χ3v) is 10.1. The van der Waals surface area contributed by atoms with Gasteiger partial charge < -0.3 is 10.2 Å². The number of hydrogen-bond acceptors (Lipinski definition) is 4. The van der Waals surface area contributed by atoms with Gasteiger partial charge in [0, 0.05) is 22.0 Å². The summed E-state index contributed by atoms with van der Waals surface area (Å²) in [5.41, 5.74) is 6.37. The molecule has 6 rings (SSSR count). The van der Waals surface area contributed by atoms with Crippen molar-refractivity contribution in [3.63, 3.8) is 0 Å². The maximum atomic E-state index is 13.3. The summed E-state index contributed by atoms with van der Waals surface area (Å²) in [6, 6.07) is 0. The molecule has 2 N–H and O–H groups in total. The van der Waals surface area contributed by atoms with Crippen LogP contribution >= 0.6 is 0 Å². The van der Waals surface area contributed by atoms with E-state index in [0.29, 0.717) is 17.6 Å². The highest BCUT2D eigenvalue weighted by Gasteiger charge is 2.66. The highest BCUT2D eigenvalue weighted by Crippen LogP contribution is 2.67. The zero-order valence-corrected chi connectivity index (χ0v) is 20.4. The molecule has 172 valence electrons. The van der Waals surface area contributed by atoms with Crippen molar-refractivity contribution in [2.24, 2.45) is 10.8 Å². The second-order valence-electron chi connectivity index (χ2n) is 11.6. The quantitative estimate of drug-likeness (QED) is 0.645. The number of allylic oxidation sites excluding steroid dienone is 8. The summed E-state index contributed by atoms with van der Waals surface area (Å²) in [7, 11) is 0. The predicted octanol–water partition coefficient (Wildman–Crippen LogP) is 4.75. The minimum atomic E-state index is -1.35. The summed E-state index contributed by atoms with van der Waals surface area (Å²) in [6.45, 7) is 11.6. The minimum Gasteiger partial charge on any atom is -0.381 e. The summed E-state index contributed by atoms with van der Waals surface area (Å²) in [4.78, 5) is 26.7. The van der Waals surface area contributed by atoms with E-state index in [1.165, 1.54) is 0 Å². The molecule has 2 atom stereocenters. The Hall–Kier alpha value is -2.30. The molecule has 0 amide bonds. The summed E-state index contributed by atoms with van der Waals surface area (Å²) in [5, 5.41) is 22.3. The topological polar surface area (TPSA) is 74.6 Å². The molecule has 0 radical (unpaired) electrons. The van der Waals surface area contributed by atoms with Gasteiger partial charge in [0.05, 0.1) is 0 Å². The van der Waals surface area contributed by atoms with Crippen LogP contribution in [0.25, 0.3) is 0 Å². The molecule has 33 heavy (non-hydrogen) atoms. The second-order valence-corrected chi connectivity index (χ2v) is 11.6. The SMILES string of the molecule is CC1=C(CC2=C(C)C=C3C(=O)[C@](C)(O)C4(CC4)C(C)=C32)C2=C(C)C3(CC3)[C@@](C)(O)C(=O)C2=C1. The number of hydrogen-bond donors (Lipinski definition) is 2. The first kappa shape index (κ1) is 21.2. The Balaban J connectivity index is 1.46. The van der Waals surface area contributed by atoms with Gasteiger partial charge in [-0.15, -0.1) is 0 Å². The number of carbonyl (C=O) groups is 2. The van der Waals surface area contributed by atoms with Crippen LogP contribution in [0.2, 0.25) is 0 Å². The van der Waals surface area contributed by atoms with Crippen molar-refractivity contribution in [2.45, 2.75) is 84.8 Å². The van der Waals surface area contributed by atoms with Crippen molar-refractivity contribution in [1.82, 2.24) is 0 Å². The van der Waals surface area contributed by atoms with Gasteiger partial charge in [-0.2, -0.15) is 0 Å². The lowest BCUT2D eigenvalue weighted by molar-refractivity contribution is -0.138. The molecule has 2 saturated carbocycles. The number of aliphatic hydroxyl groups is 2. The van der Waals surface area contributed by atoms with Crippen LogP contribution in [0.3, 0.4) is 0 Å². The Kier molecular flexibility index (Phi) is 3.76. The zero-order valence-electron chi connectivity index (χ0n) is 20.4. The third kappa shape index (κ3) is 2.20. The predicted molar refractivity (Wildman–Crippen MR) is 126 cm³/mol. The Morgan fingerprint density at radius 1 is 0.697 bits per heavy atom. The number of ketones is 2. The van der Waals surface area contributed by atoms with Gasteiger partial charge in [0.25, 0.3) is 0 Å². The van der Waals surface area contributed by atoms with Crippen LogP contribution in [0, 0.1) is 10.8 Å². The number of rotatable bonds is 2. The van der Waals surface area contributed by atoms with Gasteiger partial charge >= 0.3 is 0 Å². The van der Waals surface area contributed by atoms with Crippen LogP contribution < -0.4 is 0 Å². The van der Waals surface area contributed by atoms with E-state index in [0.717, 1.165) is 70.3 Å². The normalized spacial score (nSPS) is 35.6. The average Bonchev–Trinajstić information content (AvgIpc) is 3.65. The molecule has 0 aromatic rings. The van der Waals surface area contributed by atoms with E-state index in [-0.39, 0.29) is 11.6 Å². The highest BCUT2D eigenvalue weighted by molar-refractivity contribution is 6.12. The van der Waals surface area contributed by atoms with Crippen LogP contribution in [0.1, 0.15) is 73.6 Å². The summed E-state index contributed by atoms with van der Waals surface area (Å²) < 4.78 is 0. The van der Waals surface area contributed by atoms with Crippen LogP contribution in [0.15, 0.2) is 67.9 Å². The standard InChI is InChI=1S/C29H32O4/c1-14-11-20-22(16(3)28(7-8-28)26(5,32)24(20)30)18(14)13-19-15(2)12-21-23(19)17(4)29(9-10-29)27(6,33)25(21)31/h11-12,32-33H,7-10,13H2,1-6H3/t26-,27-/m0/s1. The van der Waals surface area contributed by atoms with E-state index < -0.39 is 22.0 Å². The van der Waals surface area contributed by atoms with Gasteiger partial charge in [-0.1, -0.05) is 11.1 Å². The van der Waals surface area contributed by atoms with Crippen LogP contribution in [0.4, 0.5) is 0 Å². The maximum Gasteiger partial charge on any atom is 0.195 e. The third-order valence-electron chi connectivity index (χ3n) is 10.1. The van der Waals surface area contributed by atoms with Gasteiger partial charge in [0.15, 0.2) is 11.6 Å². The van der Waals surface area contributed by atoms with E-state index in [1.54, 1.807) is 13.8 Å². The van der Waals surface area contributed by atoms with Gasteiger partial charge in [-0.3, -0.25) is 9.59 Å². The smallest absolute Gasteiger partial charge is 0.195 e. The molecule has 0 saturated heterocycles. The lowest BCUT2D eigenvalue weighted by Gasteiger charge is -2.40. The molecule has 0 aromatic carbocycles. The molecule has 6 aliphatic carbocycles. The number of fused-ring (bicyclic) bond motifs is 2. The minimum absolute atomic E-state index is 0.165. The first-order valence-corrected chi connectivity index (χ1v) is 12.1. The van der Waals surface area contributed by atoms with Gasteiger partial charge in [0.2, 0.25) is 0 Å². The fourth-order valence-corrected chi connectivity index (χ4v) is 7.46. The molecule has 4 heteroatoms. The average molecular weight is 445 g/mol. The molecule has 0 aliphatic heterocycles. The van der Waals surface area contributed by atoms with E-state index in [9.17, 15) is 19.8 Å². The molecule has 0 bridgehead atoms. The Morgan fingerprint density at radius 2 is 1.03 bits per heavy atom. The van der Waals surface area contributed by atoms with Gasteiger partial charge in [-0.25, -0.2) is 0 Å². The molecule has 2 spiro atoms. The van der Waals surface area contributed by atoms with E-state index >= 15 is 0 Å². The fourth-order valence-electron chi connectivity index (χ4n) is 7.46. The summed E-state index contributed by atoms with van der Waals surface area (Å²) in [6.07, 6.45) is 7.89. The summed E-state index contributed by atoms with van der Waals surface area (Å²) in [5.74, 6) is -0.329. The molecule has 0 unspecified atom stereocenters. The van der Waals surface area contributed by atoms with Crippen LogP contribution in [-0.2, 0) is 9.59 Å². The van der Waals surface area contributed by atoms with Crippen molar-refractivity contribution in [1.29, 1.82) is 0 Å². The lowest BCUT2D eigenvalue weighted by Crippen LogP contribution is -2.49. The Labute approximate surface area is 195 Å². The van der Waals surface area contributed by atoms with Gasteiger partial charge in [-0.05, 0) is 119 Å². The first-order chi connectivity index (χ1) is 15.3. The van der Waals surface area contributed by atoms with Crippen molar-refractivity contribution in [3.8, 4) is 0 Å². The molecular weight excluding hydrogens is 412 g/mol. The Morgan fingerprint density at radius 3 is 1.33 bits per heavy atom. The van der Waals surface area contributed by atoms with Crippen molar-refractivity contribution in [3.05, 3.63) is 67.9 Å². The van der Waals surface area contributed by atoms with Gasteiger partial charge in [0.1, 0.15) is 11.2 Å². The maximum absolute atomic E-state index is 13.3. The van der Waals surface area contributed by atoms with Crippen molar-refractivity contribution >= 4 is 11.6 Å². The molecule has 6 aliphatic rings. The molecule has 0 aromatic heterocycles. The first-order valence-electron chi connectivity index (χ1n) is 12.1. The van der Waals surface area contributed by atoms with E-state index in [1.807, 2.05) is 26.0 Å². The second kappa shape index (κ2) is 5.84. The number of Topliss-reactive ketones (excluding diaryl/α,β-unsaturated/α-hetero) is 2. The molecule has 2 fully saturated rings. The summed E-state index contributed by atoms with van der Waals surface area (Å²) >= 11 is 0. The van der Waals surface area contributed by atoms with E-state index in [2.05, 4.69) is 13.8 Å². The van der Waals surface area contributed by atoms with Crippen LogP contribution in [-0.4, -0.2) is 33.0 Å². The molecule has 4 nitrogen and oxygen atoms in total. The highest BCUT2D eigenvalue weighted by atomic mass is 16.3.